The summed E-state index contributed by atoms with van der Waals surface area (Å²) in [6, 6.07) is 41.0. The first-order chi connectivity index (χ1) is 22.2. The molecular weight excluding hydrogens is 564 g/mol. The van der Waals surface area contributed by atoms with Crippen molar-refractivity contribution in [2.45, 2.75) is 18.6 Å². The summed E-state index contributed by atoms with van der Waals surface area (Å²) in [5.74, 6) is 1.64. The van der Waals surface area contributed by atoms with Gasteiger partial charge in [0.1, 0.15) is 24.6 Å². The van der Waals surface area contributed by atoms with Crippen molar-refractivity contribution in [3.05, 3.63) is 139 Å². The number of rotatable bonds is 14. The number of hydrogen-bond acceptors (Lipinski definition) is 6. The van der Waals surface area contributed by atoms with E-state index in [4.69, 9.17) is 18.9 Å². The topological polar surface area (TPSA) is 81.8 Å². The zero-order valence-electron chi connectivity index (χ0n) is 25.1. The van der Waals surface area contributed by atoms with Gasteiger partial charge in [-0.3, -0.25) is 0 Å². The van der Waals surface area contributed by atoms with Crippen molar-refractivity contribution in [1.82, 2.24) is 10.3 Å². The fourth-order valence-electron chi connectivity index (χ4n) is 5.41. The molecule has 0 saturated carbocycles. The van der Waals surface area contributed by atoms with Crippen LogP contribution in [0, 0.1) is 0 Å². The summed E-state index contributed by atoms with van der Waals surface area (Å²) in [4.78, 5) is 16.6. The van der Waals surface area contributed by atoms with Crippen molar-refractivity contribution >= 4 is 27.8 Å². The average molecular weight is 601 g/mol. The summed E-state index contributed by atoms with van der Waals surface area (Å²) < 4.78 is 24.3. The van der Waals surface area contributed by atoms with Crippen molar-refractivity contribution in [1.29, 1.82) is 0 Å². The first kappa shape index (κ1) is 29.8. The zero-order chi connectivity index (χ0) is 30.8. The van der Waals surface area contributed by atoms with Crippen LogP contribution in [0.15, 0.2) is 127 Å². The quantitative estimate of drug-likeness (QED) is 0.129. The van der Waals surface area contributed by atoms with Gasteiger partial charge in [-0.05, 0) is 42.0 Å². The van der Waals surface area contributed by atoms with Crippen molar-refractivity contribution in [2.24, 2.45) is 0 Å². The van der Waals surface area contributed by atoms with Gasteiger partial charge >= 0.3 is 5.97 Å². The number of fused-ring (bicyclic) bond motifs is 3. The number of nitrogens with one attached hydrogen (secondary N) is 2. The number of carbonyl (C=O) groups excluding carboxylic acids is 1. The molecule has 1 aromatic heterocycles. The van der Waals surface area contributed by atoms with Crippen LogP contribution >= 0.6 is 0 Å². The molecule has 2 atom stereocenters. The van der Waals surface area contributed by atoms with Crippen LogP contribution in [-0.4, -0.2) is 50.0 Å². The highest BCUT2D eigenvalue weighted by Gasteiger charge is 2.20. The first-order valence-electron chi connectivity index (χ1n) is 15.1. The third kappa shape index (κ3) is 7.45. The van der Waals surface area contributed by atoms with Crippen molar-refractivity contribution in [2.75, 3.05) is 26.8 Å². The lowest BCUT2D eigenvalue weighted by molar-refractivity contribution is 0.0173. The fourth-order valence-corrected chi connectivity index (χ4v) is 5.41. The molecule has 1 heterocycles. The molecule has 0 bridgehead atoms. The van der Waals surface area contributed by atoms with Crippen LogP contribution in [0.3, 0.4) is 0 Å². The number of para-hydroxylation sites is 4. The fraction of sp³-hybridized carbons (Fsp3) is 0.184. The van der Waals surface area contributed by atoms with Gasteiger partial charge in [0.2, 0.25) is 0 Å². The SMILES string of the molecule is COc1ccccc1OC(CNCC(COc1cccc2c1[nH]c1ccccc12)OC(=O)c1ccccc1)Cc1ccccc1. The number of ether oxygens (including phenoxy) is 4. The lowest BCUT2D eigenvalue weighted by Crippen LogP contribution is -2.40. The molecule has 0 saturated heterocycles. The van der Waals surface area contributed by atoms with Gasteiger partial charge in [-0.1, -0.05) is 91.0 Å². The Morgan fingerprint density at radius 1 is 0.689 bits per heavy atom. The van der Waals surface area contributed by atoms with Crippen LogP contribution in [0.1, 0.15) is 15.9 Å². The van der Waals surface area contributed by atoms with E-state index in [0.29, 0.717) is 42.3 Å². The van der Waals surface area contributed by atoms with Crippen molar-refractivity contribution in [3.63, 3.8) is 0 Å². The molecule has 2 N–H and O–H groups in total. The maximum atomic E-state index is 13.1. The summed E-state index contributed by atoms with van der Waals surface area (Å²) in [6.45, 7) is 1.03. The smallest absolute Gasteiger partial charge is 0.338 e. The van der Waals surface area contributed by atoms with Gasteiger partial charge < -0.3 is 29.2 Å². The predicted octanol–water partition coefficient (Wildman–Crippen LogP) is 7.21. The van der Waals surface area contributed by atoms with Crippen LogP contribution in [0.4, 0.5) is 0 Å². The maximum absolute atomic E-state index is 13.1. The second-order valence-corrected chi connectivity index (χ2v) is 10.8. The first-order valence-corrected chi connectivity index (χ1v) is 15.1. The third-order valence-electron chi connectivity index (χ3n) is 7.62. The Balaban J connectivity index is 1.18. The monoisotopic (exact) mass is 600 g/mol. The number of hydrogen-bond donors (Lipinski definition) is 2. The number of methoxy groups -OCH3 is 1. The van der Waals surface area contributed by atoms with Gasteiger partial charge in [-0.2, -0.15) is 0 Å². The summed E-state index contributed by atoms with van der Waals surface area (Å²) in [5, 5.41) is 5.70. The van der Waals surface area contributed by atoms with E-state index in [2.05, 4.69) is 34.6 Å². The minimum absolute atomic E-state index is 0.163. The zero-order valence-corrected chi connectivity index (χ0v) is 25.1. The Kier molecular flexibility index (Phi) is 9.58. The van der Waals surface area contributed by atoms with E-state index in [1.54, 1.807) is 19.2 Å². The number of aromatic nitrogens is 1. The molecule has 0 aliphatic carbocycles. The number of benzene rings is 5. The Hall–Kier alpha value is -5.27. The molecule has 0 amide bonds. The van der Waals surface area contributed by atoms with E-state index in [1.807, 2.05) is 91.0 Å². The lowest BCUT2D eigenvalue weighted by Gasteiger charge is -2.24. The molecule has 0 fully saturated rings. The lowest BCUT2D eigenvalue weighted by atomic mass is 10.1. The molecule has 0 aliphatic rings. The second-order valence-electron chi connectivity index (χ2n) is 10.8. The van der Waals surface area contributed by atoms with Gasteiger partial charge in [-0.25, -0.2) is 4.79 Å². The van der Waals surface area contributed by atoms with Crippen LogP contribution in [0.2, 0.25) is 0 Å². The maximum Gasteiger partial charge on any atom is 0.338 e. The number of esters is 1. The summed E-state index contributed by atoms with van der Waals surface area (Å²) in [5.41, 5.74) is 3.59. The van der Waals surface area contributed by atoms with E-state index in [9.17, 15) is 4.79 Å². The van der Waals surface area contributed by atoms with Crippen LogP contribution in [0.5, 0.6) is 17.2 Å². The summed E-state index contributed by atoms with van der Waals surface area (Å²) in [7, 11) is 1.63. The van der Waals surface area contributed by atoms with E-state index in [-0.39, 0.29) is 12.7 Å². The number of H-pyrrole nitrogens is 1. The molecule has 5 aromatic carbocycles. The Labute approximate surface area is 262 Å². The van der Waals surface area contributed by atoms with Crippen LogP contribution in [-0.2, 0) is 11.2 Å². The Morgan fingerprint density at radius 2 is 1.33 bits per heavy atom. The second kappa shape index (κ2) is 14.5. The third-order valence-corrected chi connectivity index (χ3v) is 7.62. The highest BCUT2D eigenvalue weighted by Crippen LogP contribution is 2.32. The van der Waals surface area contributed by atoms with E-state index >= 15 is 0 Å². The summed E-state index contributed by atoms with van der Waals surface area (Å²) in [6.07, 6.45) is -0.102. The van der Waals surface area contributed by atoms with Gasteiger partial charge in [0, 0.05) is 35.8 Å². The van der Waals surface area contributed by atoms with Gasteiger partial charge in [-0.15, -0.1) is 0 Å². The molecule has 2 unspecified atom stereocenters. The normalized spacial score (nSPS) is 12.5. The van der Waals surface area contributed by atoms with Gasteiger partial charge in [0.05, 0.1) is 18.2 Å². The molecule has 6 aromatic rings. The van der Waals surface area contributed by atoms with Gasteiger partial charge in [0.25, 0.3) is 0 Å². The largest absolute Gasteiger partial charge is 0.493 e. The van der Waals surface area contributed by atoms with E-state index in [1.165, 1.54) is 0 Å². The minimum atomic E-state index is -0.569. The molecule has 228 valence electrons. The van der Waals surface area contributed by atoms with Crippen LogP contribution < -0.4 is 19.5 Å². The molecular formula is C38H36N2O5. The minimum Gasteiger partial charge on any atom is -0.493 e. The molecule has 7 heteroatoms. The van der Waals surface area contributed by atoms with Gasteiger partial charge in [0.15, 0.2) is 11.5 Å². The van der Waals surface area contributed by atoms with Crippen molar-refractivity contribution < 1.29 is 23.7 Å². The predicted molar refractivity (Wildman–Crippen MR) is 177 cm³/mol. The highest BCUT2D eigenvalue weighted by atomic mass is 16.6. The standard InChI is InChI=1S/C38H36N2O5/c1-42-34-20-10-11-21-35(34)44-29(23-27-13-4-2-5-14-27)24-39-25-30(45-38(41)28-15-6-3-7-16-28)26-43-36-22-12-18-32-31-17-8-9-19-33(31)40-37(32)36/h2-22,29-30,39-40H,23-26H2,1H3. The number of carbonyl (C=O) groups is 1. The average Bonchev–Trinajstić information content (AvgIpc) is 3.47. The Morgan fingerprint density at radius 3 is 2.13 bits per heavy atom. The highest BCUT2D eigenvalue weighted by molar-refractivity contribution is 6.09. The molecule has 7 nitrogen and oxygen atoms in total. The van der Waals surface area contributed by atoms with Crippen LogP contribution in [0.25, 0.3) is 21.8 Å². The van der Waals surface area contributed by atoms with E-state index in [0.717, 1.165) is 27.4 Å². The summed E-state index contributed by atoms with van der Waals surface area (Å²) >= 11 is 0. The Bertz CT molecular complexity index is 1840. The molecule has 0 radical (unpaired) electrons. The van der Waals surface area contributed by atoms with E-state index < -0.39 is 12.1 Å². The molecule has 0 spiro atoms. The molecule has 45 heavy (non-hydrogen) atoms. The number of aromatic amines is 1. The van der Waals surface area contributed by atoms with Crippen molar-refractivity contribution in [3.8, 4) is 17.2 Å². The molecule has 6 rings (SSSR count). The molecule has 0 aliphatic heterocycles.